The number of carbonyl (C=O) groups is 2. The van der Waals surface area contributed by atoms with E-state index in [2.05, 4.69) is 13.0 Å². The van der Waals surface area contributed by atoms with Crippen LogP contribution in [0.3, 0.4) is 0 Å². The summed E-state index contributed by atoms with van der Waals surface area (Å²) in [7, 11) is 0. The van der Waals surface area contributed by atoms with Gasteiger partial charge in [0.05, 0.1) is 12.2 Å². The molecule has 2 heterocycles. The van der Waals surface area contributed by atoms with Crippen molar-refractivity contribution in [2.75, 3.05) is 24.6 Å². The van der Waals surface area contributed by atoms with E-state index in [1.165, 1.54) is 5.56 Å². The predicted octanol–water partition coefficient (Wildman–Crippen LogP) is 3.11. The molecule has 1 aromatic rings. The second-order valence-electron chi connectivity index (χ2n) is 6.20. The zero-order chi connectivity index (χ0) is 16.2. The SMILES string of the molecule is CCCCCC(=O)N1CCc2c(cccc2N2CCOC2=O)C1. The van der Waals surface area contributed by atoms with Crippen molar-refractivity contribution in [3.05, 3.63) is 29.3 Å². The van der Waals surface area contributed by atoms with Crippen LogP contribution in [0.1, 0.15) is 43.7 Å². The summed E-state index contributed by atoms with van der Waals surface area (Å²) < 4.78 is 5.05. The second-order valence-corrected chi connectivity index (χ2v) is 6.20. The summed E-state index contributed by atoms with van der Waals surface area (Å²) in [5, 5.41) is 0. The van der Waals surface area contributed by atoms with Gasteiger partial charge in [0.25, 0.3) is 0 Å². The fourth-order valence-electron chi connectivity index (χ4n) is 3.35. The number of ether oxygens (including phenoxy) is 1. The number of nitrogens with zero attached hydrogens (tertiary/aromatic N) is 2. The zero-order valence-corrected chi connectivity index (χ0v) is 13.7. The molecule has 1 aromatic carbocycles. The van der Waals surface area contributed by atoms with Crippen LogP contribution in [-0.2, 0) is 22.5 Å². The predicted molar refractivity (Wildman–Crippen MR) is 88.4 cm³/mol. The van der Waals surface area contributed by atoms with E-state index >= 15 is 0 Å². The minimum absolute atomic E-state index is 0.245. The Labute approximate surface area is 137 Å². The molecular formula is C18H24N2O3. The van der Waals surface area contributed by atoms with Gasteiger partial charge in [0.1, 0.15) is 6.61 Å². The monoisotopic (exact) mass is 316 g/mol. The van der Waals surface area contributed by atoms with Crippen LogP contribution in [0.15, 0.2) is 18.2 Å². The van der Waals surface area contributed by atoms with Crippen LogP contribution >= 0.6 is 0 Å². The molecule has 5 nitrogen and oxygen atoms in total. The maximum absolute atomic E-state index is 12.3. The Morgan fingerprint density at radius 3 is 2.87 bits per heavy atom. The van der Waals surface area contributed by atoms with E-state index in [0.29, 0.717) is 26.1 Å². The summed E-state index contributed by atoms with van der Waals surface area (Å²) >= 11 is 0. The number of cyclic esters (lactones) is 1. The van der Waals surface area contributed by atoms with Gasteiger partial charge in [-0.3, -0.25) is 9.69 Å². The Balaban J connectivity index is 1.72. The number of benzene rings is 1. The molecule has 1 fully saturated rings. The van der Waals surface area contributed by atoms with Gasteiger partial charge in [-0.15, -0.1) is 0 Å². The highest BCUT2D eigenvalue weighted by Gasteiger charge is 2.29. The fourth-order valence-corrected chi connectivity index (χ4v) is 3.35. The van der Waals surface area contributed by atoms with Gasteiger partial charge in [-0.05, 0) is 30.0 Å². The molecule has 0 spiro atoms. The summed E-state index contributed by atoms with van der Waals surface area (Å²) in [5.74, 6) is 0.245. The lowest BCUT2D eigenvalue weighted by atomic mass is 9.96. The molecule has 0 saturated carbocycles. The Morgan fingerprint density at radius 2 is 2.13 bits per heavy atom. The number of hydrogen-bond acceptors (Lipinski definition) is 3. The quantitative estimate of drug-likeness (QED) is 0.784. The molecule has 2 amide bonds. The lowest BCUT2D eigenvalue weighted by molar-refractivity contribution is -0.132. The van der Waals surface area contributed by atoms with Crippen molar-refractivity contribution in [1.82, 2.24) is 4.90 Å². The molecule has 0 aromatic heterocycles. The molecular weight excluding hydrogens is 292 g/mol. The van der Waals surface area contributed by atoms with Gasteiger partial charge < -0.3 is 9.64 Å². The average Bonchev–Trinajstić information content (AvgIpc) is 2.99. The van der Waals surface area contributed by atoms with Crippen LogP contribution in [0.4, 0.5) is 10.5 Å². The van der Waals surface area contributed by atoms with Crippen LogP contribution < -0.4 is 4.90 Å². The maximum atomic E-state index is 12.3. The van der Waals surface area contributed by atoms with Gasteiger partial charge in [0.2, 0.25) is 5.91 Å². The molecule has 0 aliphatic carbocycles. The van der Waals surface area contributed by atoms with Gasteiger partial charge in [-0.2, -0.15) is 0 Å². The van der Waals surface area contributed by atoms with Crippen LogP contribution in [0.25, 0.3) is 0 Å². The Morgan fingerprint density at radius 1 is 1.26 bits per heavy atom. The summed E-state index contributed by atoms with van der Waals surface area (Å²) in [4.78, 5) is 27.8. The number of amides is 2. The lowest BCUT2D eigenvalue weighted by Gasteiger charge is -2.31. The number of fused-ring (bicyclic) bond motifs is 1. The Kier molecular flexibility index (Phi) is 4.84. The van der Waals surface area contributed by atoms with Gasteiger partial charge >= 0.3 is 6.09 Å². The lowest BCUT2D eigenvalue weighted by Crippen LogP contribution is -2.37. The Bertz CT molecular complexity index is 600. The van der Waals surface area contributed by atoms with E-state index in [1.54, 1.807) is 4.90 Å². The molecule has 0 unspecified atom stereocenters. The molecule has 5 heteroatoms. The Hall–Kier alpha value is -2.04. The van der Waals surface area contributed by atoms with Crippen molar-refractivity contribution < 1.29 is 14.3 Å². The summed E-state index contributed by atoms with van der Waals surface area (Å²) in [6.45, 7) is 4.58. The normalized spacial score (nSPS) is 17.2. The van der Waals surface area contributed by atoms with E-state index in [-0.39, 0.29) is 12.0 Å². The van der Waals surface area contributed by atoms with E-state index in [4.69, 9.17) is 4.74 Å². The first-order chi connectivity index (χ1) is 11.2. The van der Waals surface area contributed by atoms with Crippen LogP contribution in [0.5, 0.6) is 0 Å². The number of hydrogen-bond donors (Lipinski definition) is 0. The van der Waals surface area contributed by atoms with Crippen molar-refractivity contribution in [2.45, 2.75) is 45.6 Å². The number of unbranched alkanes of at least 4 members (excludes halogenated alkanes) is 2. The molecule has 0 bridgehead atoms. The fraction of sp³-hybridized carbons (Fsp3) is 0.556. The van der Waals surface area contributed by atoms with Crippen molar-refractivity contribution in [2.24, 2.45) is 0 Å². The third-order valence-electron chi connectivity index (χ3n) is 4.64. The standard InChI is InChI=1S/C18H24N2O3/c1-2-3-4-8-17(21)19-10-9-15-14(13-19)6-5-7-16(15)20-11-12-23-18(20)22/h5-7H,2-4,8-13H2,1H3. The molecule has 0 atom stereocenters. The summed E-state index contributed by atoms with van der Waals surface area (Å²) in [6, 6.07) is 6.00. The maximum Gasteiger partial charge on any atom is 0.414 e. The second kappa shape index (κ2) is 7.02. The van der Waals surface area contributed by atoms with Crippen molar-refractivity contribution >= 4 is 17.7 Å². The number of rotatable bonds is 5. The number of carbonyl (C=O) groups excluding carboxylic acids is 2. The topological polar surface area (TPSA) is 49.9 Å². The van der Waals surface area contributed by atoms with E-state index in [9.17, 15) is 9.59 Å². The van der Waals surface area contributed by atoms with E-state index < -0.39 is 0 Å². The van der Waals surface area contributed by atoms with Gasteiger partial charge in [-0.25, -0.2) is 4.79 Å². The highest BCUT2D eigenvalue weighted by molar-refractivity contribution is 5.90. The molecule has 2 aliphatic heterocycles. The minimum atomic E-state index is -0.267. The smallest absolute Gasteiger partial charge is 0.414 e. The largest absolute Gasteiger partial charge is 0.447 e. The highest BCUT2D eigenvalue weighted by atomic mass is 16.6. The summed E-state index contributed by atoms with van der Waals surface area (Å²) in [6.07, 6.45) is 4.38. The van der Waals surface area contributed by atoms with Crippen molar-refractivity contribution in [3.63, 3.8) is 0 Å². The van der Waals surface area contributed by atoms with Crippen molar-refractivity contribution in [1.29, 1.82) is 0 Å². The van der Waals surface area contributed by atoms with Gasteiger partial charge in [0.15, 0.2) is 0 Å². The van der Waals surface area contributed by atoms with E-state index in [0.717, 1.165) is 43.5 Å². The molecule has 23 heavy (non-hydrogen) atoms. The molecule has 124 valence electrons. The van der Waals surface area contributed by atoms with Crippen LogP contribution in [0, 0.1) is 0 Å². The summed E-state index contributed by atoms with van der Waals surface area (Å²) in [5.41, 5.74) is 3.28. The molecule has 1 saturated heterocycles. The highest BCUT2D eigenvalue weighted by Crippen LogP contribution is 2.30. The van der Waals surface area contributed by atoms with E-state index in [1.807, 2.05) is 17.0 Å². The third-order valence-corrected chi connectivity index (χ3v) is 4.64. The molecule has 3 rings (SSSR count). The third kappa shape index (κ3) is 3.33. The van der Waals surface area contributed by atoms with Crippen molar-refractivity contribution in [3.8, 4) is 0 Å². The first-order valence-electron chi connectivity index (χ1n) is 8.53. The minimum Gasteiger partial charge on any atom is -0.447 e. The molecule has 2 aliphatic rings. The van der Waals surface area contributed by atoms with Crippen LogP contribution in [0.2, 0.25) is 0 Å². The first-order valence-corrected chi connectivity index (χ1v) is 8.53. The van der Waals surface area contributed by atoms with Crippen LogP contribution in [-0.4, -0.2) is 36.6 Å². The van der Waals surface area contributed by atoms with Gasteiger partial charge in [0, 0.05) is 19.5 Å². The molecule has 0 radical (unpaired) electrons. The average molecular weight is 316 g/mol. The zero-order valence-electron chi connectivity index (χ0n) is 13.7. The van der Waals surface area contributed by atoms with Gasteiger partial charge in [-0.1, -0.05) is 31.9 Å². The first kappa shape index (κ1) is 15.8. The number of anilines is 1. The molecule has 0 N–H and O–H groups in total.